The summed E-state index contributed by atoms with van der Waals surface area (Å²) in [5, 5.41) is 10.9. The molecule has 6 rings (SSSR count). The largest absolute Gasteiger partial charge is 0.314 e. The van der Waals surface area contributed by atoms with Gasteiger partial charge in [-0.1, -0.05) is 0 Å². The molecule has 3 atom stereocenters. The predicted molar refractivity (Wildman–Crippen MR) is 113 cm³/mol. The third kappa shape index (κ3) is 2.99. The molecular formula is C22H22FN7O. The van der Waals surface area contributed by atoms with Crippen LogP contribution in [0.1, 0.15) is 24.1 Å². The number of imidazole rings is 2. The Balaban J connectivity index is 1.33. The van der Waals surface area contributed by atoms with Gasteiger partial charge in [0.25, 0.3) is 0 Å². The number of hydrogen-bond donors (Lipinski definition) is 2. The van der Waals surface area contributed by atoms with E-state index >= 15 is 0 Å². The van der Waals surface area contributed by atoms with Gasteiger partial charge in [0.2, 0.25) is 5.91 Å². The summed E-state index contributed by atoms with van der Waals surface area (Å²) >= 11 is 0. The molecular weight excluding hydrogens is 397 g/mol. The Morgan fingerprint density at radius 1 is 1.16 bits per heavy atom. The molecule has 2 bridgehead atoms. The average Bonchev–Trinajstić information content (AvgIpc) is 3.50. The number of hydrogen-bond acceptors (Lipinski definition) is 5. The van der Waals surface area contributed by atoms with Gasteiger partial charge in [0.1, 0.15) is 0 Å². The maximum atomic E-state index is 14.9. The molecule has 9 heteroatoms. The SMILES string of the molecule is Cc1cn2nc(-c3cc(F)c4nc(NC(=O)C5CC6CC5CN6)cn4c3)cc(C)c2n1. The maximum absolute atomic E-state index is 14.9. The zero-order valence-corrected chi connectivity index (χ0v) is 17.3. The number of nitrogens with one attached hydrogen (secondary N) is 2. The molecule has 4 aromatic rings. The van der Waals surface area contributed by atoms with Gasteiger partial charge in [-0.15, -0.1) is 0 Å². The van der Waals surface area contributed by atoms with E-state index in [1.54, 1.807) is 21.3 Å². The van der Waals surface area contributed by atoms with E-state index in [4.69, 9.17) is 0 Å². The second-order valence-electron chi connectivity index (χ2n) is 8.73. The number of piperidine rings is 1. The van der Waals surface area contributed by atoms with Crippen molar-refractivity contribution in [2.75, 3.05) is 11.9 Å². The Morgan fingerprint density at radius 2 is 2.03 bits per heavy atom. The topological polar surface area (TPSA) is 88.6 Å². The Hall–Kier alpha value is -3.33. The molecule has 3 unspecified atom stereocenters. The molecule has 1 amide bonds. The van der Waals surface area contributed by atoms with Crippen LogP contribution in [-0.4, -0.2) is 42.5 Å². The summed E-state index contributed by atoms with van der Waals surface area (Å²) < 4.78 is 18.2. The van der Waals surface area contributed by atoms with Crippen LogP contribution in [0.4, 0.5) is 10.2 Å². The fourth-order valence-electron chi connectivity index (χ4n) is 5.02. The lowest BCUT2D eigenvalue weighted by Crippen LogP contribution is -2.36. The van der Waals surface area contributed by atoms with Crippen LogP contribution in [0.5, 0.6) is 0 Å². The first-order valence-corrected chi connectivity index (χ1v) is 10.5. The first-order chi connectivity index (χ1) is 14.9. The lowest BCUT2D eigenvalue weighted by Gasteiger charge is -2.20. The average molecular weight is 419 g/mol. The summed E-state index contributed by atoms with van der Waals surface area (Å²) in [4.78, 5) is 21.5. The van der Waals surface area contributed by atoms with Crippen molar-refractivity contribution < 1.29 is 9.18 Å². The van der Waals surface area contributed by atoms with Gasteiger partial charge >= 0.3 is 0 Å². The molecule has 0 radical (unpaired) electrons. The van der Waals surface area contributed by atoms with E-state index in [-0.39, 0.29) is 17.5 Å². The summed E-state index contributed by atoms with van der Waals surface area (Å²) in [7, 11) is 0. The summed E-state index contributed by atoms with van der Waals surface area (Å²) in [5.74, 6) is 0.233. The minimum atomic E-state index is -0.469. The molecule has 31 heavy (non-hydrogen) atoms. The molecule has 5 heterocycles. The van der Waals surface area contributed by atoms with Crippen LogP contribution >= 0.6 is 0 Å². The van der Waals surface area contributed by atoms with Crippen LogP contribution in [0, 0.1) is 31.5 Å². The standard InChI is InChI=1S/C22H22FN7O/c1-11-3-18(28-30-8-12(2)25-20(11)30)14-5-17(23)21-26-19(10-29(21)9-14)27-22(31)16-6-15-4-13(16)7-24-15/h3,5,8-10,13,15-16,24H,4,6-7H2,1-2H3,(H,27,31). The highest BCUT2D eigenvalue weighted by atomic mass is 19.1. The number of carbonyl (C=O) groups excluding carboxylic acids is 1. The quantitative estimate of drug-likeness (QED) is 0.533. The summed E-state index contributed by atoms with van der Waals surface area (Å²) in [6.45, 7) is 4.75. The van der Waals surface area contributed by atoms with E-state index in [2.05, 4.69) is 25.7 Å². The van der Waals surface area contributed by atoms with E-state index in [1.807, 2.05) is 26.1 Å². The van der Waals surface area contributed by atoms with Gasteiger partial charge in [-0.25, -0.2) is 18.9 Å². The van der Waals surface area contributed by atoms with Crippen molar-refractivity contribution in [3.63, 3.8) is 0 Å². The first-order valence-electron chi connectivity index (χ1n) is 10.5. The van der Waals surface area contributed by atoms with E-state index in [0.717, 1.165) is 36.3 Å². The second kappa shape index (κ2) is 6.58. The number of aromatic nitrogens is 5. The molecule has 1 saturated heterocycles. The van der Waals surface area contributed by atoms with Crippen molar-refractivity contribution in [2.45, 2.75) is 32.7 Å². The molecule has 4 aromatic heterocycles. The van der Waals surface area contributed by atoms with Crippen LogP contribution in [0.15, 0.2) is 30.7 Å². The first kappa shape index (κ1) is 18.4. The molecule has 0 spiro atoms. The second-order valence-corrected chi connectivity index (χ2v) is 8.73. The summed E-state index contributed by atoms with van der Waals surface area (Å²) in [6.07, 6.45) is 7.17. The number of fused-ring (bicyclic) bond motifs is 4. The Bertz CT molecular complexity index is 1360. The number of rotatable bonds is 3. The molecule has 158 valence electrons. The number of amides is 1. The fraction of sp³-hybridized carbons (Fsp3) is 0.364. The van der Waals surface area contributed by atoms with Crippen LogP contribution in [-0.2, 0) is 4.79 Å². The minimum absolute atomic E-state index is 0.00555. The summed E-state index contributed by atoms with van der Waals surface area (Å²) in [6, 6.07) is 3.76. The van der Waals surface area contributed by atoms with Crippen LogP contribution in [0.2, 0.25) is 0 Å². The van der Waals surface area contributed by atoms with Gasteiger partial charge in [-0.05, 0) is 56.8 Å². The van der Waals surface area contributed by atoms with E-state index in [9.17, 15) is 9.18 Å². The Morgan fingerprint density at radius 3 is 2.81 bits per heavy atom. The van der Waals surface area contributed by atoms with Crippen LogP contribution in [0.25, 0.3) is 22.6 Å². The molecule has 2 fully saturated rings. The molecule has 1 saturated carbocycles. The Kier molecular flexibility index (Phi) is 3.92. The number of pyridine rings is 1. The maximum Gasteiger partial charge on any atom is 0.229 e. The third-order valence-corrected chi connectivity index (χ3v) is 6.48. The highest BCUT2D eigenvalue weighted by molar-refractivity contribution is 5.92. The zero-order valence-electron chi connectivity index (χ0n) is 17.3. The lowest BCUT2D eigenvalue weighted by atomic mass is 9.94. The third-order valence-electron chi connectivity index (χ3n) is 6.48. The number of anilines is 1. The van der Waals surface area contributed by atoms with Crippen molar-refractivity contribution in [2.24, 2.45) is 11.8 Å². The lowest BCUT2D eigenvalue weighted by molar-refractivity contribution is -0.121. The molecule has 1 aliphatic heterocycles. The van der Waals surface area contributed by atoms with E-state index in [1.165, 1.54) is 6.07 Å². The molecule has 2 aliphatic rings. The molecule has 1 aliphatic carbocycles. The van der Waals surface area contributed by atoms with Gasteiger partial charge in [0.15, 0.2) is 22.9 Å². The normalized spacial score (nSPS) is 22.6. The van der Waals surface area contributed by atoms with Gasteiger partial charge < -0.3 is 15.0 Å². The number of halogens is 1. The van der Waals surface area contributed by atoms with Crippen LogP contribution < -0.4 is 10.6 Å². The highest BCUT2D eigenvalue weighted by Crippen LogP contribution is 2.37. The zero-order chi connectivity index (χ0) is 21.3. The Labute approximate surface area is 177 Å². The van der Waals surface area contributed by atoms with Crippen molar-refractivity contribution in [1.82, 2.24) is 29.3 Å². The van der Waals surface area contributed by atoms with Crippen molar-refractivity contribution in [3.05, 3.63) is 47.8 Å². The molecule has 2 N–H and O–H groups in total. The number of carbonyl (C=O) groups is 1. The van der Waals surface area contributed by atoms with Gasteiger partial charge in [0.05, 0.1) is 23.8 Å². The predicted octanol–water partition coefficient (Wildman–Crippen LogP) is 2.74. The van der Waals surface area contributed by atoms with Crippen molar-refractivity contribution in [3.8, 4) is 11.3 Å². The van der Waals surface area contributed by atoms with Gasteiger partial charge in [0, 0.05) is 23.7 Å². The van der Waals surface area contributed by atoms with Gasteiger partial charge in [-0.2, -0.15) is 5.10 Å². The number of aryl methyl sites for hydroxylation is 2. The van der Waals surface area contributed by atoms with Crippen LogP contribution in [0.3, 0.4) is 0 Å². The fourth-order valence-corrected chi connectivity index (χ4v) is 5.02. The van der Waals surface area contributed by atoms with Gasteiger partial charge in [-0.3, -0.25) is 4.79 Å². The summed E-state index contributed by atoms with van der Waals surface area (Å²) in [5.41, 5.74) is 4.04. The molecule has 8 nitrogen and oxygen atoms in total. The monoisotopic (exact) mass is 419 g/mol. The van der Waals surface area contributed by atoms with E-state index < -0.39 is 5.82 Å². The van der Waals surface area contributed by atoms with E-state index in [0.29, 0.717) is 29.0 Å². The highest BCUT2D eigenvalue weighted by Gasteiger charge is 2.43. The number of nitrogens with zero attached hydrogens (tertiary/aromatic N) is 5. The van der Waals surface area contributed by atoms with Crippen molar-refractivity contribution in [1.29, 1.82) is 0 Å². The smallest absolute Gasteiger partial charge is 0.229 e. The minimum Gasteiger partial charge on any atom is -0.314 e. The van der Waals surface area contributed by atoms with Crippen molar-refractivity contribution >= 4 is 23.0 Å². The molecule has 0 aromatic carbocycles.